The van der Waals surface area contributed by atoms with Gasteiger partial charge in [0, 0.05) is 19.7 Å². The largest absolute Gasteiger partial charge is 0.380 e. The summed E-state index contributed by atoms with van der Waals surface area (Å²) in [6.07, 6.45) is 8.36. The van der Waals surface area contributed by atoms with E-state index in [4.69, 9.17) is 4.74 Å². The summed E-state index contributed by atoms with van der Waals surface area (Å²) < 4.78 is 5.22. The lowest BCUT2D eigenvalue weighted by atomic mass is 10.0. The molecule has 0 bridgehead atoms. The molecule has 2 heteroatoms. The minimum absolute atomic E-state index is 0.541. The van der Waals surface area contributed by atoms with Gasteiger partial charge in [-0.3, -0.25) is 0 Å². The van der Waals surface area contributed by atoms with Crippen molar-refractivity contribution in [2.45, 2.75) is 38.5 Å². The normalized spacial score (nSPS) is 19.5. The van der Waals surface area contributed by atoms with Crippen molar-refractivity contribution in [3.05, 3.63) is 47.5 Å². The molecule has 1 N–H and O–H groups in total. The molecule has 1 aliphatic carbocycles. The van der Waals surface area contributed by atoms with Gasteiger partial charge < -0.3 is 10.1 Å². The maximum atomic E-state index is 5.22. The van der Waals surface area contributed by atoms with E-state index >= 15 is 0 Å². The van der Waals surface area contributed by atoms with Gasteiger partial charge in [0.05, 0.1) is 6.61 Å². The van der Waals surface area contributed by atoms with Gasteiger partial charge in [-0.2, -0.15) is 0 Å². The minimum atomic E-state index is 0.541. The first kappa shape index (κ1) is 12.3. The monoisotopic (exact) mass is 231 g/mol. The molecule has 0 aromatic heterocycles. The third-order valence-electron chi connectivity index (χ3n) is 3.23. The van der Waals surface area contributed by atoms with Gasteiger partial charge in [0.2, 0.25) is 0 Å². The molecule has 0 radical (unpaired) electrons. The number of benzene rings is 1. The molecule has 0 saturated carbocycles. The molecule has 1 atom stereocenters. The minimum Gasteiger partial charge on any atom is -0.380 e. The van der Waals surface area contributed by atoms with Crippen LogP contribution in [-0.4, -0.2) is 13.2 Å². The van der Waals surface area contributed by atoms with Crippen LogP contribution in [0.5, 0.6) is 0 Å². The van der Waals surface area contributed by atoms with Gasteiger partial charge in [-0.25, -0.2) is 0 Å². The molecule has 1 aromatic carbocycles. The van der Waals surface area contributed by atoms with Crippen molar-refractivity contribution >= 4 is 0 Å². The lowest BCUT2D eigenvalue weighted by Gasteiger charge is -2.19. The molecular formula is C15H21NO. The van der Waals surface area contributed by atoms with Gasteiger partial charge in [0.15, 0.2) is 0 Å². The summed E-state index contributed by atoms with van der Waals surface area (Å²) in [6.45, 7) is 1.62. The molecule has 0 fully saturated rings. The van der Waals surface area contributed by atoms with E-state index in [0.717, 1.165) is 6.54 Å². The van der Waals surface area contributed by atoms with E-state index in [1.165, 1.54) is 30.4 Å². The van der Waals surface area contributed by atoms with Crippen LogP contribution >= 0.6 is 0 Å². The second-order valence-electron chi connectivity index (χ2n) is 4.55. The summed E-state index contributed by atoms with van der Waals surface area (Å²) in [6, 6.07) is 9.01. The highest BCUT2D eigenvalue weighted by atomic mass is 16.5. The second-order valence-corrected chi connectivity index (χ2v) is 4.55. The molecular weight excluding hydrogens is 210 g/mol. The predicted octanol–water partition coefficient (Wildman–Crippen LogP) is 3.03. The third-order valence-corrected chi connectivity index (χ3v) is 3.23. The second kappa shape index (κ2) is 6.58. The highest BCUT2D eigenvalue weighted by molar-refractivity contribution is 5.26. The molecule has 17 heavy (non-hydrogen) atoms. The highest BCUT2D eigenvalue weighted by Gasteiger charge is 2.08. The first-order valence-corrected chi connectivity index (χ1v) is 6.36. The Morgan fingerprint density at radius 1 is 1.29 bits per heavy atom. The van der Waals surface area contributed by atoms with Gasteiger partial charge in [-0.15, -0.1) is 0 Å². The third kappa shape index (κ3) is 3.69. The van der Waals surface area contributed by atoms with Crippen LogP contribution in [0.2, 0.25) is 0 Å². The molecule has 1 unspecified atom stereocenters. The van der Waals surface area contributed by atoms with Crippen molar-refractivity contribution in [3.8, 4) is 0 Å². The van der Waals surface area contributed by atoms with Crippen LogP contribution in [0.1, 0.15) is 30.4 Å². The van der Waals surface area contributed by atoms with Crippen molar-refractivity contribution in [3.63, 3.8) is 0 Å². The molecule has 2 rings (SSSR count). The zero-order valence-electron chi connectivity index (χ0n) is 10.5. The van der Waals surface area contributed by atoms with E-state index in [2.05, 4.69) is 41.7 Å². The van der Waals surface area contributed by atoms with E-state index in [9.17, 15) is 0 Å². The van der Waals surface area contributed by atoms with Crippen molar-refractivity contribution in [2.24, 2.45) is 0 Å². The number of hydrogen-bond acceptors (Lipinski definition) is 2. The molecule has 0 spiro atoms. The zero-order chi connectivity index (χ0) is 11.9. The van der Waals surface area contributed by atoms with Gasteiger partial charge in [0.1, 0.15) is 0 Å². The van der Waals surface area contributed by atoms with E-state index in [-0.39, 0.29) is 0 Å². The Balaban J connectivity index is 1.93. The molecule has 0 saturated heterocycles. The number of allylic oxidation sites excluding steroid dienone is 1. The van der Waals surface area contributed by atoms with Crippen molar-refractivity contribution in [2.75, 3.05) is 7.11 Å². The zero-order valence-corrected chi connectivity index (χ0v) is 10.5. The van der Waals surface area contributed by atoms with E-state index in [0.29, 0.717) is 12.6 Å². The maximum Gasteiger partial charge on any atom is 0.0716 e. The Hall–Kier alpha value is -1.12. The fourth-order valence-corrected chi connectivity index (χ4v) is 2.25. The molecule has 2 nitrogen and oxygen atoms in total. The van der Waals surface area contributed by atoms with Gasteiger partial charge >= 0.3 is 0 Å². The van der Waals surface area contributed by atoms with Crippen molar-refractivity contribution in [1.82, 2.24) is 5.32 Å². The lowest BCUT2D eigenvalue weighted by molar-refractivity contribution is 0.184. The van der Waals surface area contributed by atoms with Crippen LogP contribution in [0.15, 0.2) is 36.4 Å². The van der Waals surface area contributed by atoms with Crippen LogP contribution in [0, 0.1) is 0 Å². The molecule has 0 heterocycles. The first-order chi connectivity index (χ1) is 8.40. The van der Waals surface area contributed by atoms with Gasteiger partial charge in [0.25, 0.3) is 0 Å². The fraction of sp³-hybridized carbons (Fsp3) is 0.467. The highest BCUT2D eigenvalue weighted by Crippen LogP contribution is 2.13. The van der Waals surface area contributed by atoms with E-state index in [1.807, 2.05) is 0 Å². The Bertz CT molecular complexity index is 373. The van der Waals surface area contributed by atoms with Crippen LogP contribution in [0.3, 0.4) is 0 Å². The molecule has 0 amide bonds. The smallest absolute Gasteiger partial charge is 0.0716 e. The molecule has 0 aliphatic heterocycles. The Morgan fingerprint density at radius 3 is 2.82 bits per heavy atom. The molecule has 1 aromatic rings. The molecule has 92 valence electrons. The van der Waals surface area contributed by atoms with Crippen LogP contribution in [-0.2, 0) is 17.9 Å². The summed E-state index contributed by atoms with van der Waals surface area (Å²) in [5.74, 6) is 0. The van der Waals surface area contributed by atoms with E-state index < -0.39 is 0 Å². The lowest BCUT2D eigenvalue weighted by Crippen LogP contribution is -2.28. The Kier molecular flexibility index (Phi) is 4.77. The SMILES string of the molecule is COCc1ccccc1CNC1C=CCCC1. The Morgan fingerprint density at radius 2 is 2.12 bits per heavy atom. The van der Waals surface area contributed by atoms with Crippen molar-refractivity contribution in [1.29, 1.82) is 0 Å². The van der Waals surface area contributed by atoms with Gasteiger partial charge in [-0.1, -0.05) is 36.4 Å². The van der Waals surface area contributed by atoms with Crippen LogP contribution in [0.4, 0.5) is 0 Å². The first-order valence-electron chi connectivity index (χ1n) is 6.36. The number of ether oxygens (including phenoxy) is 1. The number of nitrogens with one attached hydrogen (secondary N) is 1. The molecule has 1 aliphatic rings. The van der Waals surface area contributed by atoms with Gasteiger partial charge in [-0.05, 0) is 30.4 Å². The topological polar surface area (TPSA) is 21.3 Å². The maximum absolute atomic E-state index is 5.22. The fourth-order valence-electron chi connectivity index (χ4n) is 2.25. The summed E-state index contributed by atoms with van der Waals surface area (Å²) in [5, 5.41) is 3.59. The summed E-state index contributed by atoms with van der Waals surface area (Å²) in [5.41, 5.74) is 2.62. The number of methoxy groups -OCH3 is 1. The number of hydrogen-bond donors (Lipinski definition) is 1. The quantitative estimate of drug-likeness (QED) is 0.786. The standard InChI is InChI=1S/C15H21NO/c1-17-12-14-8-6-5-7-13(14)11-16-15-9-3-2-4-10-15/h3,5-9,15-16H,2,4,10-12H2,1H3. The predicted molar refractivity (Wildman–Crippen MR) is 70.8 cm³/mol. The van der Waals surface area contributed by atoms with Crippen LogP contribution < -0.4 is 5.32 Å². The summed E-state index contributed by atoms with van der Waals surface area (Å²) in [4.78, 5) is 0. The average Bonchev–Trinajstić information content (AvgIpc) is 2.39. The van der Waals surface area contributed by atoms with E-state index in [1.54, 1.807) is 7.11 Å². The Labute approximate surface area is 104 Å². The summed E-state index contributed by atoms with van der Waals surface area (Å²) in [7, 11) is 1.74. The average molecular weight is 231 g/mol. The summed E-state index contributed by atoms with van der Waals surface area (Å²) >= 11 is 0. The van der Waals surface area contributed by atoms with Crippen LogP contribution in [0.25, 0.3) is 0 Å². The number of rotatable bonds is 5. The van der Waals surface area contributed by atoms with Crippen molar-refractivity contribution < 1.29 is 4.74 Å².